The van der Waals surface area contributed by atoms with Gasteiger partial charge in [0.15, 0.2) is 6.19 Å². The van der Waals surface area contributed by atoms with Gasteiger partial charge in [-0.25, -0.2) is 12.8 Å². The average Bonchev–Trinajstić information content (AvgIpc) is 3.14. The van der Waals surface area contributed by atoms with E-state index in [4.69, 9.17) is 21.6 Å². The molecule has 1 saturated heterocycles. The molecule has 0 aliphatic carbocycles. The molecule has 1 fully saturated rings. The van der Waals surface area contributed by atoms with Gasteiger partial charge in [-0.1, -0.05) is 23.7 Å². The van der Waals surface area contributed by atoms with Crippen molar-refractivity contribution in [3.05, 3.63) is 58.9 Å². The summed E-state index contributed by atoms with van der Waals surface area (Å²) in [5, 5.41) is 9.41. The number of rotatable bonds is 6. The SMILES string of the molecule is COc1ccc(Cl)cc1S(=O)(=O)N(Cc1cccc(F)c1)C1CCN(C#N)C1. The van der Waals surface area contributed by atoms with Crippen molar-refractivity contribution in [3.63, 3.8) is 0 Å². The minimum absolute atomic E-state index is 0.0281. The molecule has 0 radical (unpaired) electrons. The van der Waals surface area contributed by atoms with E-state index in [1.165, 1.54) is 46.6 Å². The summed E-state index contributed by atoms with van der Waals surface area (Å²) in [5.41, 5.74) is 0.514. The minimum atomic E-state index is -4.03. The lowest BCUT2D eigenvalue weighted by atomic mass is 10.2. The lowest BCUT2D eigenvalue weighted by Gasteiger charge is -2.28. The predicted octanol–water partition coefficient (Wildman–Crippen LogP) is 3.23. The Hall–Kier alpha value is -2.34. The molecule has 28 heavy (non-hydrogen) atoms. The van der Waals surface area contributed by atoms with E-state index >= 15 is 0 Å². The van der Waals surface area contributed by atoms with E-state index in [-0.39, 0.29) is 28.8 Å². The number of sulfonamides is 1. The third-order valence-corrected chi connectivity index (χ3v) is 6.81. The highest BCUT2D eigenvalue weighted by Crippen LogP contribution is 2.33. The summed E-state index contributed by atoms with van der Waals surface area (Å²) in [6.45, 7) is 0.705. The first-order valence-electron chi connectivity index (χ1n) is 8.59. The smallest absolute Gasteiger partial charge is 0.247 e. The molecule has 1 heterocycles. The van der Waals surface area contributed by atoms with Crippen LogP contribution in [-0.4, -0.2) is 43.9 Å². The summed E-state index contributed by atoms with van der Waals surface area (Å²) in [6, 6.07) is 9.74. The molecule has 2 aromatic rings. The number of ether oxygens (including phenoxy) is 1. The quantitative estimate of drug-likeness (QED) is 0.667. The number of hydrogen-bond acceptors (Lipinski definition) is 5. The molecule has 9 heteroatoms. The fraction of sp³-hybridized carbons (Fsp3) is 0.316. The highest BCUT2D eigenvalue weighted by Gasteiger charge is 2.37. The second-order valence-corrected chi connectivity index (χ2v) is 8.76. The molecule has 1 atom stereocenters. The summed E-state index contributed by atoms with van der Waals surface area (Å²) in [5.74, 6) is -0.274. The molecular formula is C19H19ClFN3O3S. The van der Waals surface area contributed by atoms with Crippen LogP contribution in [0.15, 0.2) is 47.4 Å². The fourth-order valence-electron chi connectivity index (χ4n) is 3.27. The Morgan fingerprint density at radius 1 is 1.36 bits per heavy atom. The second-order valence-electron chi connectivity index (χ2n) is 6.46. The molecule has 1 aliphatic rings. The first-order chi connectivity index (χ1) is 13.3. The zero-order chi connectivity index (χ0) is 20.3. The Bertz CT molecular complexity index is 1010. The molecule has 0 spiro atoms. The Morgan fingerprint density at radius 3 is 2.79 bits per heavy atom. The number of halogens is 2. The maximum absolute atomic E-state index is 13.6. The van der Waals surface area contributed by atoms with Crippen LogP contribution in [-0.2, 0) is 16.6 Å². The summed E-state index contributed by atoms with van der Waals surface area (Å²) in [4.78, 5) is 1.45. The lowest BCUT2D eigenvalue weighted by Crippen LogP contribution is -2.41. The van der Waals surface area contributed by atoms with E-state index in [0.717, 1.165) is 0 Å². The van der Waals surface area contributed by atoms with Crippen LogP contribution in [0.4, 0.5) is 4.39 Å². The van der Waals surface area contributed by atoms with E-state index in [1.54, 1.807) is 12.1 Å². The normalized spacial score (nSPS) is 17.0. The van der Waals surface area contributed by atoms with Crippen LogP contribution in [0.2, 0.25) is 5.02 Å². The van der Waals surface area contributed by atoms with Crippen molar-refractivity contribution in [1.29, 1.82) is 5.26 Å². The fourth-order valence-corrected chi connectivity index (χ4v) is 5.33. The summed E-state index contributed by atoms with van der Waals surface area (Å²) < 4.78 is 47.2. The summed E-state index contributed by atoms with van der Waals surface area (Å²) >= 11 is 6.03. The molecule has 0 N–H and O–H groups in total. The number of benzene rings is 2. The predicted molar refractivity (Wildman–Crippen MR) is 103 cm³/mol. The van der Waals surface area contributed by atoms with Crippen molar-refractivity contribution >= 4 is 21.6 Å². The van der Waals surface area contributed by atoms with Gasteiger partial charge in [0, 0.05) is 30.7 Å². The standard InChI is InChI=1S/C19H19ClFN3O3S/c1-27-18-6-5-15(20)10-19(18)28(25,26)24(17-7-8-23(12-17)13-22)11-14-3-2-4-16(21)9-14/h2-6,9-10,17H,7-8,11-12H2,1H3. The molecule has 0 aromatic heterocycles. The van der Waals surface area contributed by atoms with Crippen LogP contribution < -0.4 is 4.74 Å². The molecule has 6 nitrogen and oxygen atoms in total. The van der Waals surface area contributed by atoms with Crippen LogP contribution in [0.3, 0.4) is 0 Å². The Morgan fingerprint density at radius 2 is 2.14 bits per heavy atom. The highest BCUT2D eigenvalue weighted by atomic mass is 35.5. The molecule has 1 aliphatic heterocycles. The largest absolute Gasteiger partial charge is 0.495 e. The third kappa shape index (κ3) is 4.22. The molecule has 1 unspecified atom stereocenters. The molecule has 0 amide bonds. The Labute approximate surface area is 168 Å². The van der Waals surface area contributed by atoms with Crippen molar-refractivity contribution in [2.24, 2.45) is 0 Å². The van der Waals surface area contributed by atoms with Crippen molar-refractivity contribution in [3.8, 4) is 11.9 Å². The van der Waals surface area contributed by atoms with Crippen molar-refractivity contribution in [2.45, 2.75) is 23.9 Å². The maximum atomic E-state index is 13.6. The maximum Gasteiger partial charge on any atom is 0.247 e. The number of likely N-dealkylation sites (tertiary alicyclic amines) is 1. The van der Waals surface area contributed by atoms with Gasteiger partial charge in [-0.3, -0.25) is 0 Å². The molecule has 3 rings (SSSR count). The molecule has 148 valence electrons. The van der Waals surface area contributed by atoms with Gasteiger partial charge in [0.2, 0.25) is 10.0 Å². The van der Waals surface area contributed by atoms with Gasteiger partial charge >= 0.3 is 0 Å². The number of nitriles is 1. The van der Waals surface area contributed by atoms with Gasteiger partial charge in [0.25, 0.3) is 0 Å². The van der Waals surface area contributed by atoms with E-state index in [9.17, 15) is 12.8 Å². The van der Waals surface area contributed by atoms with Gasteiger partial charge in [0.1, 0.15) is 16.5 Å². The van der Waals surface area contributed by atoms with Crippen molar-refractivity contribution < 1.29 is 17.5 Å². The Balaban J connectivity index is 2.05. The average molecular weight is 424 g/mol. The number of methoxy groups -OCH3 is 1. The minimum Gasteiger partial charge on any atom is -0.495 e. The number of hydrogen-bond donors (Lipinski definition) is 0. The second kappa shape index (κ2) is 8.35. The van der Waals surface area contributed by atoms with Gasteiger partial charge in [-0.2, -0.15) is 9.57 Å². The summed E-state index contributed by atoms with van der Waals surface area (Å²) in [6.07, 6.45) is 2.54. The topological polar surface area (TPSA) is 73.6 Å². The summed E-state index contributed by atoms with van der Waals surface area (Å²) in [7, 11) is -2.65. The van der Waals surface area contributed by atoms with Crippen LogP contribution in [0.25, 0.3) is 0 Å². The highest BCUT2D eigenvalue weighted by molar-refractivity contribution is 7.89. The van der Waals surface area contributed by atoms with E-state index in [2.05, 4.69) is 6.19 Å². The van der Waals surface area contributed by atoms with Gasteiger partial charge in [-0.05, 0) is 42.3 Å². The monoisotopic (exact) mass is 423 g/mol. The molecule has 0 bridgehead atoms. The van der Waals surface area contributed by atoms with Crippen molar-refractivity contribution in [2.75, 3.05) is 20.2 Å². The Kier molecular flexibility index (Phi) is 6.08. The van der Waals surface area contributed by atoms with Gasteiger partial charge < -0.3 is 9.64 Å². The van der Waals surface area contributed by atoms with Gasteiger partial charge in [-0.15, -0.1) is 0 Å². The van der Waals surface area contributed by atoms with E-state index in [0.29, 0.717) is 18.5 Å². The zero-order valence-corrected chi connectivity index (χ0v) is 16.8. The molecular weight excluding hydrogens is 405 g/mol. The molecule has 0 saturated carbocycles. The first kappa shape index (κ1) is 20.4. The van der Waals surface area contributed by atoms with Gasteiger partial charge in [0.05, 0.1) is 7.11 Å². The van der Waals surface area contributed by atoms with Crippen LogP contribution >= 0.6 is 11.6 Å². The van der Waals surface area contributed by atoms with Crippen LogP contribution in [0.5, 0.6) is 5.75 Å². The zero-order valence-electron chi connectivity index (χ0n) is 15.2. The first-order valence-corrected chi connectivity index (χ1v) is 10.4. The number of nitrogens with zero attached hydrogens (tertiary/aromatic N) is 3. The lowest BCUT2D eigenvalue weighted by molar-refractivity contribution is 0.311. The van der Waals surface area contributed by atoms with Crippen LogP contribution in [0, 0.1) is 17.3 Å². The molecule has 2 aromatic carbocycles. The van der Waals surface area contributed by atoms with E-state index in [1.807, 2.05) is 0 Å². The third-order valence-electron chi connectivity index (χ3n) is 4.65. The van der Waals surface area contributed by atoms with E-state index < -0.39 is 21.9 Å². The van der Waals surface area contributed by atoms with Crippen molar-refractivity contribution in [1.82, 2.24) is 9.21 Å². The van der Waals surface area contributed by atoms with Crippen LogP contribution in [0.1, 0.15) is 12.0 Å².